The number of hydrazone groups is 1. The number of aromatic nitrogens is 1. The first-order chi connectivity index (χ1) is 15.0. The van der Waals surface area contributed by atoms with Gasteiger partial charge in [-0.1, -0.05) is 18.2 Å². The van der Waals surface area contributed by atoms with Gasteiger partial charge in [-0.05, 0) is 45.0 Å². The van der Waals surface area contributed by atoms with Crippen molar-refractivity contribution in [2.24, 2.45) is 16.6 Å². The largest absolute Gasteiger partial charge is 0.417 e. The minimum Gasteiger partial charge on any atom is -0.385 e. The average molecular weight is 506 g/mol. The summed E-state index contributed by atoms with van der Waals surface area (Å²) in [6.07, 6.45) is -3.79. The van der Waals surface area contributed by atoms with Gasteiger partial charge in [0.15, 0.2) is 5.03 Å². The molecule has 0 saturated heterocycles. The van der Waals surface area contributed by atoms with E-state index >= 15 is 0 Å². The fourth-order valence-corrected chi connectivity index (χ4v) is 4.32. The number of nitrogens with one attached hydrogen (secondary N) is 3. The number of rotatable bonds is 6. The van der Waals surface area contributed by atoms with Crippen molar-refractivity contribution >= 4 is 33.3 Å². The van der Waals surface area contributed by atoms with Crippen LogP contribution in [-0.4, -0.2) is 24.9 Å². The molecule has 7 N–H and O–H groups in total. The van der Waals surface area contributed by atoms with Gasteiger partial charge in [0.1, 0.15) is 5.82 Å². The van der Waals surface area contributed by atoms with Crippen molar-refractivity contribution in [3.8, 4) is 11.1 Å². The van der Waals surface area contributed by atoms with E-state index in [1.54, 1.807) is 20.8 Å². The second kappa shape index (κ2) is 9.45. The summed E-state index contributed by atoms with van der Waals surface area (Å²) in [7, 11) is -3.97. The van der Waals surface area contributed by atoms with Crippen LogP contribution in [0.3, 0.4) is 0 Å². The van der Waals surface area contributed by atoms with Gasteiger partial charge in [0.25, 0.3) is 10.0 Å². The Labute approximate surface area is 194 Å². The molecule has 2 rings (SSSR count). The number of guanidine groups is 1. The van der Waals surface area contributed by atoms with E-state index in [9.17, 15) is 21.6 Å². The summed E-state index contributed by atoms with van der Waals surface area (Å²) < 4.78 is 68.7. The predicted molar refractivity (Wildman–Crippen MR) is 121 cm³/mol. The lowest BCUT2D eigenvalue weighted by Gasteiger charge is -2.20. The van der Waals surface area contributed by atoms with Crippen LogP contribution in [0, 0.1) is 0 Å². The highest BCUT2D eigenvalue weighted by Crippen LogP contribution is 2.42. The van der Waals surface area contributed by atoms with E-state index < -0.39 is 27.3 Å². The maximum Gasteiger partial charge on any atom is 0.417 e. The fraction of sp³-hybridized carbons (Fsp3) is 0.263. The van der Waals surface area contributed by atoms with Gasteiger partial charge >= 0.3 is 6.18 Å². The Kier molecular flexibility index (Phi) is 7.51. The van der Waals surface area contributed by atoms with Crippen molar-refractivity contribution in [3.05, 3.63) is 53.4 Å². The molecular weight excluding hydrogens is 483 g/mol. The second-order valence-electron chi connectivity index (χ2n) is 7.88. The molecular formula is C19H23ClF3N7O2S. The Morgan fingerprint density at radius 3 is 2.30 bits per heavy atom. The van der Waals surface area contributed by atoms with Crippen LogP contribution in [-0.2, 0) is 16.2 Å². The van der Waals surface area contributed by atoms with E-state index in [0.717, 1.165) is 18.3 Å². The molecule has 0 saturated carbocycles. The molecule has 0 radical (unpaired) electrons. The van der Waals surface area contributed by atoms with Crippen LogP contribution in [0.1, 0.15) is 26.3 Å². The Morgan fingerprint density at radius 1 is 1.18 bits per heavy atom. The predicted octanol–water partition coefficient (Wildman–Crippen LogP) is 3.16. The third kappa shape index (κ3) is 7.23. The lowest BCUT2D eigenvalue weighted by atomic mass is 9.99. The van der Waals surface area contributed by atoms with Crippen LogP contribution in [0.15, 0.2) is 53.0 Å². The quantitative estimate of drug-likeness (QED) is 0.230. The number of pyridine rings is 1. The lowest BCUT2D eigenvalue weighted by molar-refractivity contribution is -0.137. The molecule has 0 aliphatic carbocycles. The van der Waals surface area contributed by atoms with E-state index in [2.05, 4.69) is 32.1 Å². The van der Waals surface area contributed by atoms with Gasteiger partial charge in [0.05, 0.1) is 10.6 Å². The highest BCUT2D eigenvalue weighted by Gasteiger charge is 2.35. The van der Waals surface area contributed by atoms with Gasteiger partial charge in [-0.2, -0.15) is 13.2 Å². The maximum absolute atomic E-state index is 13.8. The summed E-state index contributed by atoms with van der Waals surface area (Å²) in [6.45, 7) is 8.27. The molecule has 2 aromatic rings. The van der Waals surface area contributed by atoms with Gasteiger partial charge in [0.2, 0.25) is 5.96 Å². The number of hydrogen-bond donors (Lipinski definition) is 5. The van der Waals surface area contributed by atoms with Crippen LogP contribution in [0.4, 0.5) is 18.9 Å². The summed E-state index contributed by atoms with van der Waals surface area (Å²) >= 11 is 6.17. The molecule has 0 aliphatic heterocycles. The Hall–Kier alpha value is -3.03. The van der Waals surface area contributed by atoms with Gasteiger partial charge < -0.3 is 16.8 Å². The van der Waals surface area contributed by atoms with Crippen LogP contribution >= 0.6 is 11.6 Å². The molecule has 33 heavy (non-hydrogen) atoms. The van der Waals surface area contributed by atoms with Crippen molar-refractivity contribution in [2.75, 3.05) is 5.32 Å². The zero-order chi connectivity index (χ0) is 25.2. The van der Waals surface area contributed by atoms with Gasteiger partial charge in [0, 0.05) is 28.6 Å². The molecule has 0 amide bonds. The maximum atomic E-state index is 13.8. The molecule has 0 spiro atoms. The normalized spacial score (nSPS) is 13.0. The van der Waals surface area contributed by atoms with Crippen molar-refractivity contribution in [1.29, 1.82) is 0 Å². The fourth-order valence-electron chi connectivity index (χ4n) is 2.65. The second-order valence-corrected chi connectivity index (χ2v) is 9.91. The monoisotopic (exact) mass is 505 g/mol. The third-order valence-electron chi connectivity index (χ3n) is 3.73. The number of halogens is 4. The summed E-state index contributed by atoms with van der Waals surface area (Å²) in [4.78, 5) is 3.83. The van der Waals surface area contributed by atoms with Crippen LogP contribution < -0.4 is 26.9 Å². The molecule has 1 aromatic carbocycles. The van der Waals surface area contributed by atoms with Crippen LogP contribution in [0.5, 0.6) is 0 Å². The van der Waals surface area contributed by atoms with Crippen molar-refractivity contribution in [1.82, 2.24) is 15.1 Å². The zero-order valence-electron chi connectivity index (χ0n) is 17.9. The van der Waals surface area contributed by atoms with Crippen molar-refractivity contribution < 1.29 is 21.6 Å². The van der Waals surface area contributed by atoms with E-state index in [-0.39, 0.29) is 38.6 Å². The molecule has 1 aromatic heterocycles. The highest BCUT2D eigenvalue weighted by molar-refractivity contribution is 7.89. The third-order valence-corrected chi connectivity index (χ3v) is 5.70. The number of nitrogens with two attached hydrogens (primary N) is 2. The lowest BCUT2D eigenvalue weighted by Crippen LogP contribution is -2.40. The number of anilines is 1. The zero-order valence-corrected chi connectivity index (χ0v) is 19.5. The topological polar surface area (TPSA) is 148 Å². The Morgan fingerprint density at radius 2 is 1.82 bits per heavy atom. The molecule has 0 aliphatic rings. The number of benzene rings is 1. The molecule has 0 bridgehead atoms. The SMILES string of the molecule is C=C(N)N/N=C(\N)Nc1cc(Cl)c(-c2ccc(S(=O)(=O)NC(C)(C)C)nc2)c(C(F)(F)F)c1. The Balaban J connectivity index is 2.50. The van der Waals surface area contributed by atoms with Gasteiger partial charge in [-0.25, -0.2) is 18.1 Å². The van der Waals surface area contributed by atoms with E-state index in [0.29, 0.717) is 0 Å². The first-order valence-electron chi connectivity index (χ1n) is 9.21. The van der Waals surface area contributed by atoms with Crippen LogP contribution in [0.2, 0.25) is 5.02 Å². The number of sulfonamides is 1. The van der Waals surface area contributed by atoms with Crippen LogP contribution in [0.25, 0.3) is 11.1 Å². The minimum absolute atomic E-state index is 0.0280. The summed E-state index contributed by atoms with van der Waals surface area (Å²) in [5.41, 5.74) is 10.8. The summed E-state index contributed by atoms with van der Waals surface area (Å²) in [5, 5.41) is 5.43. The molecule has 1 heterocycles. The van der Waals surface area contributed by atoms with Gasteiger partial charge in [-0.15, -0.1) is 5.10 Å². The highest BCUT2D eigenvalue weighted by atomic mass is 35.5. The Bertz CT molecular complexity index is 1180. The number of hydrogen-bond acceptors (Lipinski definition) is 6. The molecule has 180 valence electrons. The first-order valence-corrected chi connectivity index (χ1v) is 11.1. The van der Waals surface area contributed by atoms with Crippen molar-refractivity contribution in [3.63, 3.8) is 0 Å². The first kappa shape index (κ1) is 26.2. The number of nitrogens with zero attached hydrogens (tertiary/aromatic N) is 2. The van der Waals surface area contributed by atoms with E-state index in [1.165, 1.54) is 12.1 Å². The molecule has 0 fully saturated rings. The van der Waals surface area contributed by atoms with Gasteiger partial charge in [-0.3, -0.25) is 5.43 Å². The minimum atomic E-state index is -4.80. The molecule has 9 nitrogen and oxygen atoms in total. The molecule has 0 unspecified atom stereocenters. The van der Waals surface area contributed by atoms with Crippen molar-refractivity contribution in [2.45, 2.75) is 37.5 Å². The van der Waals surface area contributed by atoms with E-state index in [1.807, 2.05) is 0 Å². The standard InChI is InChI=1S/C19H23ClF3N7O2S/c1-10(24)28-29-17(25)27-12-7-13(19(21,22)23)16(14(20)8-12)11-5-6-15(26-9-11)33(31,32)30-18(2,3)4/h5-9,28,30H,1,24H2,2-4H3,(H3,25,27,29). The summed E-state index contributed by atoms with van der Waals surface area (Å²) in [5.74, 6) is -0.319. The molecule has 0 atom stereocenters. The average Bonchev–Trinajstić information content (AvgIpc) is 2.63. The van der Waals surface area contributed by atoms with E-state index in [4.69, 9.17) is 23.1 Å². The number of alkyl halides is 3. The summed E-state index contributed by atoms with van der Waals surface area (Å²) in [6, 6.07) is 4.28. The molecule has 14 heteroatoms. The smallest absolute Gasteiger partial charge is 0.385 e.